The molecule has 188 valence electrons. The number of piperidine rings is 1. The lowest BCUT2D eigenvalue weighted by atomic mass is 9.78. The van der Waals surface area contributed by atoms with Crippen LogP contribution in [-0.2, 0) is 0 Å². The highest BCUT2D eigenvalue weighted by atomic mass is 35.5. The molecule has 0 radical (unpaired) electrons. The van der Waals surface area contributed by atoms with Gasteiger partial charge < -0.3 is 21.3 Å². The van der Waals surface area contributed by atoms with Gasteiger partial charge in [-0.3, -0.25) is 0 Å². The molecule has 2 saturated heterocycles. The van der Waals surface area contributed by atoms with Crippen LogP contribution in [0.5, 0.6) is 0 Å². The number of urea groups is 1. The van der Waals surface area contributed by atoms with Gasteiger partial charge in [0.05, 0.1) is 23.3 Å². The van der Waals surface area contributed by atoms with Gasteiger partial charge in [-0.05, 0) is 80.0 Å². The van der Waals surface area contributed by atoms with Gasteiger partial charge in [0.15, 0.2) is 0 Å². The maximum absolute atomic E-state index is 15.0. The lowest BCUT2D eigenvalue weighted by Crippen LogP contribution is -2.46. The number of rotatable bonds is 3. The molecule has 4 atom stereocenters. The minimum atomic E-state index is -1.09. The van der Waals surface area contributed by atoms with E-state index in [1.807, 2.05) is 31.2 Å². The Balaban J connectivity index is 1.46. The normalized spacial score (nSPS) is 26.6. The van der Waals surface area contributed by atoms with Crippen LogP contribution >= 0.6 is 11.6 Å². The van der Waals surface area contributed by atoms with E-state index >= 15 is 4.39 Å². The summed E-state index contributed by atoms with van der Waals surface area (Å²) >= 11 is 6.42. The van der Waals surface area contributed by atoms with Gasteiger partial charge in [0.1, 0.15) is 11.9 Å². The van der Waals surface area contributed by atoms with Crippen molar-refractivity contribution < 1.29 is 9.18 Å². The van der Waals surface area contributed by atoms with Crippen LogP contribution in [0.2, 0.25) is 5.02 Å². The van der Waals surface area contributed by atoms with Gasteiger partial charge in [-0.1, -0.05) is 17.7 Å². The smallest absolute Gasteiger partial charge is 0.315 e. The Labute approximate surface area is 214 Å². The van der Waals surface area contributed by atoms with E-state index < -0.39 is 12.2 Å². The molecule has 0 bridgehead atoms. The summed E-state index contributed by atoms with van der Waals surface area (Å²) in [7, 11) is 0. The van der Waals surface area contributed by atoms with Crippen LogP contribution in [0.4, 0.5) is 14.9 Å². The van der Waals surface area contributed by atoms with Crippen molar-refractivity contribution in [2.45, 2.75) is 62.8 Å². The molecule has 4 unspecified atom stereocenters. The zero-order valence-corrected chi connectivity index (χ0v) is 20.9. The molecular weight excluding hydrogens is 479 g/mol. The first kappa shape index (κ1) is 23.4. The molecule has 3 fully saturated rings. The molecule has 36 heavy (non-hydrogen) atoms. The number of carbonyl (C=O) groups is 1. The van der Waals surface area contributed by atoms with Crippen LogP contribution in [0.1, 0.15) is 42.7 Å². The van der Waals surface area contributed by atoms with E-state index in [-0.39, 0.29) is 24.0 Å². The Morgan fingerprint density at radius 2 is 1.89 bits per heavy atom. The van der Waals surface area contributed by atoms with E-state index in [1.165, 1.54) is 0 Å². The summed E-state index contributed by atoms with van der Waals surface area (Å²) in [6.07, 6.45) is 1.79. The van der Waals surface area contributed by atoms with Gasteiger partial charge in [-0.2, -0.15) is 0 Å². The number of fused-ring (bicyclic) bond motifs is 2. The number of alkyl halides is 1. The number of hydrogen-bond acceptors (Lipinski definition) is 5. The largest absolute Gasteiger partial charge is 0.369 e. The number of hydrogen-bond donors (Lipinski definition) is 3. The minimum Gasteiger partial charge on any atom is -0.369 e. The highest BCUT2D eigenvalue weighted by Crippen LogP contribution is 2.41. The zero-order chi connectivity index (χ0) is 25.0. The average Bonchev–Trinajstić information content (AvgIpc) is 3.24. The lowest BCUT2D eigenvalue weighted by molar-refractivity contribution is 0.175. The summed E-state index contributed by atoms with van der Waals surface area (Å²) in [5.74, 6) is -0.00138. The molecule has 3 aromatic rings. The van der Waals surface area contributed by atoms with E-state index in [0.717, 1.165) is 64.9 Å². The quantitative estimate of drug-likeness (QED) is 0.485. The molecule has 1 aromatic heterocycles. The van der Waals surface area contributed by atoms with E-state index in [9.17, 15) is 4.79 Å². The van der Waals surface area contributed by atoms with Gasteiger partial charge in [0.2, 0.25) is 0 Å². The number of amides is 2. The summed E-state index contributed by atoms with van der Waals surface area (Å²) in [5.41, 5.74) is 11.9. The van der Waals surface area contributed by atoms with Crippen molar-refractivity contribution in [2.24, 2.45) is 5.73 Å². The number of nitrogens with two attached hydrogens (primary N) is 1. The van der Waals surface area contributed by atoms with Crippen molar-refractivity contribution in [1.29, 1.82) is 0 Å². The van der Waals surface area contributed by atoms with Gasteiger partial charge >= 0.3 is 6.03 Å². The zero-order valence-electron chi connectivity index (χ0n) is 20.2. The Bertz CT molecular complexity index is 1310. The molecule has 0 spiro atoms. The topological polar surface area (TPSA) is 96.2 Å². The van der Waals surface area contributed by atoms with Crippen molar-refractivity contribution in [3.05, 3.63) is 52.5 Å². The first-order valence-electron chi connectivity index (χ1n) is 12.7. The number of nitrogens with zero attached hydrogens (tertiary/aromatic N) is 3. The number of aromatic nitrogens is 2. The van der Waals surface area contributed by atoms with Gasteiger partial charge in [0, 0.05) is 35.1 Å². The monoisotopic (exact) mass is 508 g/mol. The van der Waals surface area contributed by atoms with Gasteiger partial charge in [-0.15, -0.1) is 10.2 Å². The molecule has 3 aliphatic rings. The fraction of sp³-hybridized carbons (Fsp3) is 0.444. The predicted octanol–water partition coefficient (Wildman–Crippen LogP) is 4.45. The van der Waals surface area contributed by atoms with Crippen molar-refractivity contribution >= 4 is 34.2 Å². The van der Waals surface area contributed by atoms with Crippen LogP contribution in [0.15, 0.2) is 36.4 Å². The molecular formula is C27H30ClFN6O. The van der Waals surface area contributed by atoms with E-state index in [0.29, 0.717) is 17.9 Å². The molecule has 9 heteroatoms. The lowest BCUT2D eigenvalue weighted by Gasteiger charge is -2.35. The van der Waals surface area contributed by atoms with Crippen LogP contribution in [0.3, 0.4) is 0 Å². The standard InChI is InChI=1S/C27H30ClFN6O/c1-14-8-17(10-18(28)9-14)24-26(35-6-4-19(30)5-7-35)20-11-15(2-3-22(20)33-34-24)16-12-21(29)25-23(13-16)31-27(36)32-25/h2-3,8-11,16,19,21,23,25H,4-7,12-13,30H2,1H3,(H2,31,32,36). The summed E-state index contributed by atoms with van der Waals surface area (Å²) in [4.78, 5) is 14.2. The third kappa shape index (κ3) is 4.26. The number of carbonyl (C=O) groups excluding carboxylic acids is 1. The molecule has 7 nitrogen and oxygen atoms in total. The fourth-order valence-corrected chi connectivity index (χ4v) is 6.36. The third-order valence-electron chi connectivity index (χ3n) is 7.89. The number of halogens is 2. The van der Waals surface area contributed by atoms with E-state index in [1.54, 1.807) is 0 Å². The Kier molecular flexibility index (Phi) is 5.96. The highest BCUT2D eigenvalue weighted by Gasteiger charge is 2.44. The van der Waals surface area contributed by atoms with Crippen LogP contribution < -0.4 is 21.3 Å². The Morgan fingerprint density at radius 1 is 1.08 bits per heavy atom. The van der Waals surface area contributed by atoms with Crippen molar-refractivity contribution in [1.82, 2.24) is 20.8 Å². The second kappa shape index (κ2) is 9.16. The first-order chi connectivity index (χ1) is 17.4. The summed E-state index contributed by atoms with van der Waals surface area (Å²) < 4.78 is 15.0. The maximum atomic E-state index is 15.0. The minimum absolute atomic E-state index is 0.00138. The number of anilines is 1. The van der Waals surface area contributed by atoms with Crippen LogP contribution in [-0.4, -0.2) is 53.6 Å². The number of benzene rings is 2. The number of nitrogens with one attached hydrogen (secondary N) is 2. The van der Waals surface area contributed by atoms with E-state index in [4.69, 9.17) is 17.3 Å². The van der Waals surface area contributed by atoms with Crippen LogP contribution in [0, 0.1) is 6.92 Å². The summed E-state index contributed by atoms with van der Waals surface area (Å²) in [5, 5.41) is 16.5. The maximum Gasteiger partial charge on any atom is 0.315 e. The molecule has 1 saturated carbocycles. The predicted molar refractivity (Wildman–Crippen MR) is 140 cm³/mol. The Hall–Kier alpha value is -2.97. The third-order valence-corrected chi connectivity index (χ3v) is 8.10. The van der Waals surface area contributed by atoms with E-state index in [2.05, 4.69) is 37.9 Å². The summed E-state index contributed by atoms with van der Waals surface area (Å²) in [6, 6.07) is 11.3. The van der Waals surface area contributed by atoms with Crippen molar-refractivity contribution in [3.8, 4) is 11.3 Å². The van der Waals surface area contributed by atoms with Crippen molar-refractivity contribution in [2.75, 3.05) is 18.0 Å². The molecule has 2 amide bonds. The average molecular weight is 509 g/mol. The van der Waals surface area contributed by atoms with Gasteiger partial charge in [-0.25, -0.2) is 9.18 Å². The molecule has 2 aliphatic heterocycles. The SMILES string of the molecule is Cc1cc(Cl)cc(-c2nnc3ccc(C4CC(F)C5NC(=O)NC5C4)cc3c2N2CCC(N)CC2)c1. The summed E-state index contributed by atoms with van der Waals surface area (Å²) in [6.45, 7) is 3.67. The number of aryl methyl sites for hydroxylation is 1. The molecule has 1 aliphatic carbocycles. The van der Waals surface area contributed by atoms with Gasteiger partial charge in [0.25, 0.3) is 0 Å². The van der Waals surface area contributed by atoms with Crippen molar-refractivity contribution in [3.63, 3.8) is 0 Å². The second-order valence-corrected chi connectivity index (χ2v) is 10.9. The fourth-order valence-electron chi connectivity index (χ4n) is 6.07. The first-order valence-corrected chi connectivity index (χ1v) is 13.0. The highest BCUT2D eigenvalue weighted by molar-refractivity contribution is 6.31. The molecule has 3 heterocycles. The molecule has 4 N–H and O–H groups in total. The molecule has 6 rings (SSSR count). The second-order valence-electron chi connectivity index (χ2n) is 10.4. The van der Waals surface area contributed by atoms with Crippen LogP contribution in [0.25, 0.3) is 22.2 Å². The Morgan fingerprint density at radius 3 is 2.67 bits per heavy atom. The molecule has 2 aromatic carbocycles.